The van der Waals surface area contributed by atoms with Crippen LogP contribution in [0.5, 0.6) is 0 Å². The van der Waals surface area contributed by atoms with E-state index in [9.17, 15) is 9.00 Å². The fourth-order valence-corrected chi connectivity index (χ4v) is 2.63. The van der Waals surface area contributed by atoms with E-state index in [-0.39, 0.29) is 11.7 Å². The molecule has 0 aliphatic carbocycles. The van der Waals surface area contributed by atoms with E-state index < -0.39 is 10.8 Å². The molecule has 104 valence electrons. The third-order valence-corrected chi connectivity index (χ3v) is 4.06. The molecule has 5 heteroatoms. The molecule has 0 radical (unpaired) electrons. The SMILES string of the molecule is NCc1ccc(NC(=O)CS(=O)c2ccccc2)cc1. The molecule has 1 atom stereocenters. The van der Waals surface area contributed by atoms with Gasteiger partial charge in [0.15, 0.2) is 0 Å². The van der Waals surface area contributed by atoms with Gasteiger partial charge in [0.1, 0.15) is 5.75 Å². The highest BCUT2D eigenvalue weighted by Gasteiger charge is 2.10. The summed E-state index contributed by atoms with van der Waals surface area (Å²) in [5.74, 6) is -0.324. The summed E-state index contributed by atoms with van der Waals surface area (Å²) in [5, 5.41) is 2.72. The molecule has 2 aromatic carbocycles. The van der Waals surface area contributed by atoms with Crippen LogP contribution in [0.1, 0.15) is 5.56 Å². The van der Waals surface area contributed by atoms with Crippen LogP contribution in [-0.2, 0) is 22.1 Å². The van der Waals surface area contributed by atoms with Gasteiger partial charge in [0.05, 0.1) is 10.8 Å². The first-order chi connectivity index (χ1) is 9.69. The zero-order valence-corrected chi connectivity index (χ0v) is 11.7. The van der Waals surface area contributed by atoms with Crippen molar-refractivity contribution >= 4 is 22.4 Å². The van der Waals surface area contributed by atoms with Crippen molar-refractivity contribution in [2.24, 2.45) is 5.73 Å². The summed E-state index contributed by atoms with van der Waals surface area (Å²) in [6.45, 7) is 0.465. The summed E-state index contributed by atoms with van der Waals surface area (Å²) in [7, 11) is -1.33. The number of nitrogens with two attached hydrogens (primary N) is 1. The molecule has 2 rings (SSSR count). The average molecular weight is 288 g/mol. The van der Waals surface area contributed by atoms with Crippen molar-refractivity contribution in [2.45, 2.75) is 11.4 Å². The first kappa shape index (κ1) is 14.4. The summed E-state index contributed by atoms with van der Waals surface area (Å²) in [6, 6.07) is 16.2. The van der Waals surface area contributed by atoms with Crippen molar-refractivity contribution in [3.8, 4) is 0 Å². The van der Waals surface area contributed by atoms with Crippen molar-refractivity contribution in [1.29, 1.82) is 0 Å². The Hall–Kier alpha value is -1.98. The van der Waals surface area contributed by atoms with Crippen LogP contribution in [0.15, 0.2) is 59.5 Å². The fourth-order valence-electron chi connectivity index (χ4n) is 1.70. The van der Waals surface area contributed by atoms with Crippen LogP contribution in [0.2, 0.25) is 0 Å². The molecular formula is C15H16N2O2S. The Morgan fingerprint density at radius 3 is 2.30 bits per heavy atom. The second kappa shape index (κ2) is 6.98. The van der Waals surface area contributed by atoms with Gasteiger partial charge in [-0.2, -0.15) is 0 Å². The van der Waals surface area contributed by atoms with Gasteiger partial charge in [-0.1, -0.05) is 30.3 Å². The topological polar surface area (TPSA) is 72.2 Å². The zero-order chi connectivity index (χ0) is 14.4. The van der Waals surface area contributed by atoms with Crippen LogP contribution in [0.3, 0.4) is 0 Å². The summed E-state index contributed by atoms with van der Waals surface area (Å²) >= 11 is 0. The Bertz CT molecular complexity index is 597. The molecule has 1 amide bonds. The van der Waals surface area contributed by atoms with Crippen LogP contribution in [0.4, 0.5) is 5.69 Å². The molecule has 1 unspecified atom stereocenters. The maximum atomic E-state index is 12.0. The van der Waals surface area contributed by atoms with E-state index in [4.69, 9.17) is 5.73 Å². The van der Waals surface area contributed by atoms with Crippen molar-refractivity contribution < 1.29 is 9.00 Å². The van der Waals surface area contributed by atoms with Crippen LogP contribution in [-0.4, -0.2) is 15.9 Å². The lowest BCUT2D eigenvalue weighted by Gasteiger charge is -2.06. The zero-order valence-electron chi connectivity index (χ0n) is 10.9. The normalized spacial score (nSPS) is 11.8. The summed E-state index contributed by atoms with van der Waals surface area (Å²) < 4.78 is 12.0. The summed E-state index contributed by atoms with van der Waals surface area (Å²) in [5.41, 5.74) is 7.18. The molecule has 0 heterocycles. The number of benzene rings is 2. The highest BCUT2D eigenvalue weighted by molar-refractivity contribution is 7.85. The lowest BCUT2D eigenvalue weighted by atomic mass is 10.2. The Labute approximate surface area is 120 Å². The van der Waals surface area contributed by atoms with Gasteiger partial charge in [-0.15, -0.1) is 0 Å². The van der Waals surface area contributed by atoms with Crippen LogP contribution >= 0.6 is 0 Å². The molecule has 0 bridgehead atoms. The number of hydrogen-bond acceptors (Lipinski definition) is 3. The number of rotatable bonds is 5. The van der Waals surface area contributed by atoms with Gasteiger partial charge in [0.2, 0.25) is 5.91 Å². The average Bonchev–Trinajstić information content (AvgIpc) is 2.49. The highest BCUT2D eigenvalue weighted by Crippen LogP contribution is 2.10. The molecule has 20 heavy (non-hydrogen) atoms. The first-order valence-corrected chi connectivity index (χ1v) is 7.53. The van der Waals surface area contributed by atoms with E-state index in [0.717, 1.165) is 5.56 Å². The first-order valence-electron chi connectivity index (χ1n) is 6.21. The van der Waals surface area contributed by atoms with Crippen LogP contribution in [0.25, 0.3) is 0 Å². The minimum absolute atomic E-state index is 0.0529. The number of anilines is 1. The van der Waals surface area contributed by atoms with Crippen molar-refractivity contribution in [3.05, 3.63) is 60.2 Å². The molecule has 0 saturated carbocycles. The molecular weight excluding hydrogens is 272 g/mol. The quantitative estimate of drug-likeness (QED) is 0.882. The Morgan fingerprint density at radius 1 is 1.05 bits per heavy atom. The van der Waals surface area contributed by atoms with Gasteiger partial charge in [-0.3, -0.25) is 9.00 Å². The molecule has 0 saturated heterocycles. The largest absolute Gasteiger partial charge is 0.326 e. The number of carbonyl (C=O) groups is 1. The summed E-state index contributed by atoms with van der Waals surface area (Å²) in [4.78, 5) is 12.5. The minimum Gasteiger partial charge on any atom is -0.326 e. The number of nitrogens with one attached hydrogen (secondary N) is 1. The molecule has 0 aromatic heterocycles. The molecule has 0 aliphatic heterocycles. The molecule has 0 spiro atoms. The molecule has 0 aliphatic rings. The maximum Gasteiger partial charge on any atom is 0.237 e. The van der Waals surface area contributed by atoms with Crippen molar-refractivity contribution in [3.63, 3.8) is 0 Å². The summed E-state index contributed by atoms with van der Waals surface area (Å²) in [6.07, 6.45) is 0. The molecule has 3 N–H and O–H groups in total. The lowest BCUT2D eigenvalue weighted by molar-refractivity contribution is -0.113. The number of hydrogen-bond donors (Lipinski definition) is 2. The predicted octanol–water partition coefficient (Wildman–Crippen LogP) is 1.89. The van der Waals surface area contributed by atoms with Crippen molar-refractivity contribution in [2.75, 3.05) is 11.1 Å². The van der Waals surface area contributed by atoms with E-state index in [1.54, 1.807) is 36.4 Å². The second-order valence-corrected chi connectivity index (χ2v) is 5.70. The van der Waals surface area contributed by atoms with Gasteiger partial charge in [-0.05, 0) is 29.8 Å². The number of amides is 1. The maximum absolute atomic E-state index is 12.0. The van der Waals surface area contributed by atoms with Gasteiger partial charge in [0.25, 0.3) is 0 Å². The Morgan fingerprint density at radius 2 is 1.70 bits per heavy atom. The van der Waals surface area contributed by atoms with Crippen LogP contribution < -0.4 is 11.1 Å². The predicted molar refractivity (Wildman–Crippen MR) is 80.7 cm³/mol. The smallest absolute Gasteiger partial charge is 0.237 e. The Kier molecular flexibility index (Phi) is 5.03. The molecule has 0 fully saturated rings. The number of carbonyl (C=O) groups excluding carboxylic acids is 1. The van der Waals surface area contributed by atoms with Gasteiger partial charge >= 0.3 is 0 Å². The van der Waals surface area contributed by atoms with Crippen molar-refractivity contribution in [1.82, 2.24) is 0 Å². The lowest BCUT2D eigenvalue weighted by Crippen LogP contribution is -2.19. The Balaban J connectivity index is 1.93. The highest BCUT2D eigenvalue weighted by atomic mass is 32.2. The molecule has 2 aromatic rings. The molecule has 4 nitrogen and oxygen atoms in total. The monoisotopic (exact) mass is 288 g/mol. The second-order valence-electron chi connectivity index (χ2n) is 4.25. The van der Waals surface area contributed by atoms with Gasteiger partial charge in [0, 0.05) is 17.1 Å². The van der Waals surface area contributed by atoms with E-state index in [1.165, 1.54) is 0 Å². The third kappa shape index (κ3) is 4.01. The van der Waals surface area contributed by atoms with E-state index in [2.05, 4.69) is 5.32 Å². The van der Waals surface area contributed by atoms with Crippen LogP contribution in [0, 0.1) is 0 Å². The van der Waals surface area contributed by atoms with E-state index in [1.807, 2.05) is 18.2 Å². The third-order valence-electron chi connectivity index (χ3n) is 2.74. The van der Waals surface area contributed by atoms with Gasteiger partial charge < -0.3 is 11.1 Å². The fraction of sp³-hybridized carbons (Fsp3) is 0.133. The van der Waals surface area contributed by atoms with Gasteiger partial charge in [-0.25, -0.2) is 0 Å². The standard InChI is InChI=1S/C15H16N2O2S/c16-10-12-6-8-13(9-7-12)17-15(18)11-20(19)14-4-2-1-3-5-14/h1-9H,10-11,16H2,(H,17,18). The van der Waals surface area contributed by atoms with E-state index >= 15 is 0 Å². The minimum atomic E-state index is -1.33. The van der Waals surface area contributed by atoms with E-state index in [0.29, 0.717) is 17.1 Å².